The number of nitrogens with zero attached hydrogens (tertiary/aromatic N) is 3. The number of hydrogen-bond donors (Lipinski definition) is 1. The zero-order valence-electron chi connectivity index (χ0n) is 13.3. The Bertz CT molecular complexity index is 712. The van der Waals surface area contributed by atoms with Crippen LogP contribution in [0.25, 0.3) is 0 Å². The Labute approximate surface area is 137 Å². The van der Waals surface area contributed by atoms with Gasteiger partial charge in [0.1, 0.15) is 0 Å². The maximum absolute atomic E-state index is 12.8. The van der Waals surface area contributed by atoms with Crippen molar-refractivity contribution in [2.24, 2.45) is 0 Å². The van der Waals surface area contributed by atoms with Crippen molar-refractivity contribution >= 4 is 10.0 Å². The van der Waals surface area contributed by atoms with Crippen molar-refractivity contribution in [3.05, 3.63) is 29.3 Å². The van der Waals surface area contributed by atoms with E-state index in [0.717, 1.165) is 32.6 Å². The number of hydrogen-bond acceptors (Lipinski definition) is 5. The zero-order valence-corrected chi connectivity index (χ0v) is 14.1. The summed E-state index contributed by atoms with van der Waals surface area (Å²) in [6.45, 7) is 6.40. The highest BCUT2D eigenvalue weighted by Gasteiger charge is 2.32. The van der Waals surface area contributed by atoms with Crippen LogP contribution >= 0.6 is 0 Å². The van der Waals surface area contributed by atoms with Crippen molar-refractivity contribution in [3.63, 3.8) is 0 Å². The van der Waals surface area contributed by atoms with Crippen molar-refractivity contribution in [2.75, 3.05) is 39.3 Å². The molecule has 1 aromatic carbocycles. The summed E-state index contributed by atoms with van der Waals surface area (Å²) in [5.74, 6) is 0. The molecule has 0 bridgehead atoms. The number of nitrogens with one attached hydrogen (secondary N) is 1. The summed E-state index contributed by atoms with van der Waals surface area (Å²) in [5.41, 5.74) is 1.12. The van der Waals surface area contributed by atoms with Crippen LogP contribution in [0.15, 0.2) is 23.1 Å². The number of aryl methyl sites for hydroxylation is 1. The predicted molar refractivity (Wildman–Crippen MR) is 87.5 cm³/mol. The third-order valence-corrected chi connectivity index (χ3v) is 6.80. The van der Waals surface area contributed by atoms with Gasteiger partial charge >= 0.3 is 0 Å². The number of nitriles is 1. The van der Waals surface area contributed by atoms with E-state index < -0.39 is 10.0 Å². The molecule has 2 heterocycles. The molecule has 0 aromatic heterocycles. The minimum absolute atomic E-state index is 0.312. The average molecular weight is 334 g/mol. The van der Waals surface area contributed by atoms with Crippen molar-refractivity contribution in [2.45, 2.75) is 24.3 Å². The van der Waals surface area contributed by atoms with Crippen LogP contribution < -0.4 is 5.32 Å². The van der Waals surface area contributed by atoms with Crippen molar-refractivity contribution in [3.8, 4) is 6.07 Å². The van der Waals surface area contributed by atoms with Gasteiger partial charge in [0.2, 0.25) is 10.0 Å². The lowest BCUT2D eigenvalue weighted by atomic mass is 10.2. The Kier molecular flexibility index (Phi) is 4.69. The molecule has 124 valence electrons. The van der Waals surface area contributed by atoms with E-state index in [1.165, 1.54) is 0 Å². The van der Waals surface area contributed by atoms with Crippen LogP contribution in [0.1, 0.15) is 17.5 Å². The first-order valence-electron chi connectivity index (χ1n) is 7.98. The first kappa shape index (κ1) is 16.4. The molecule has 1 atom stereocenters. The molecule has 1 aromatic rings. The van der Waals surface area contributed by atoms with Gasteiger partial charge in [-0.1, -0.05) is 0 Å². The Morgan fingerprint density at radius 2 is 2.00 bits per heavy atom. The Balaban J connectivity index is 1.73. The van der Waals surface area contributed by atoms with Crippen LogP contribution in [-0.2, 0) is 10.0 Å². The molecule has 0 radical (unpaired) electrons. The zero-order chi connectivity index (χ0) is 16.4. The quantitative estimate of drug-likeness (QED) is 0.873. The fraction of sp³-hybridized carbons (Fsp3) is 0.562. The smallest absolute Gasteiger partial charge is 0.243 e. The van der Waals surface area contributed by atoms with Crippen molar-refractivity contribution in [1.82, 2.24) is 14.5 Å². The summed E-state index contributed by atoms with van der Waals surface area (Å²) in [6, 6.07) is 7.33. The first-order chi connectivity index (χ1) is 11.0. The lowest BCUT2D eigenvalue weighted by molar-refractivity contribution is 0.145. The highest BCUT2D eigenvalue weighted by atomic mass is 32.2. The van der Waals surface area contributed by atoms with Crippen LogP contribution in [-0.4, -0.2) is 62.9 Å². The van der Waals surface area contributed by atoms with Gasteiger partial charge in [-0.15, -0.1) is 0 Å². The molecule has 0 aliphatic carbocycles. The van der Waals surface area contributed by atoms with Gasteiger partial charge in [0.05, 0.1) is 16.5 Å². The van der Waals surface area contributed by atoms with Crippen LogP contribution in [0.2, 0.25) is 0 Å². The fourth-order valence-corrected chi connectivity index (χ4v) is 5.04. The maximum Gasteiger partial charge on any atom is 0.243 e. The minimum Gasteiger partial charge on any atom is -0.315 e. The van der Waals surface area contributed by atoms with Crippen molar-refractivity contribution in [1.29, 1.82) is 5.26 Å². The van der Waals surface area contributed by atoms with Gasteiger partial charge in [0, 0.05) is 38.8 Å². The molecule has 7 heteroatoms. The second kappa shape index (κ2) is 6.57. The van der Waals surface area contributed by atoms with Gasteiger partial charge in [-0.25, -0.2) is 8.42 Å². The Morgan fingerprint density at radius 1 is 1.26 bits per heavy atom. The third-order valence-electron chi connectivity index (χ3n) is 4.75. The van der Waals surface area contributed by atoms with Gasteiger partial charge in [-0.3, -0.25) is 4.90 Å². The monoisotopic (exact) mass is 334 g/mol. The molecule has 6 nitrogen and oxygen atoms in total. The van der Waals surface area contributed by atoms with E-state index in [2.05, 4.69) is 10.2 Å². The molecule has 2 aliphatic rings. The van der Waals surface area contributed by atoms with E-state index in [1.807, 2.05) is 6.07 Å². The van der Waals surface area contributed by atoms with E-state index in [-0.39, 0.29) is 0 Å². The first-order valence-corrected chi connectivity index (χ1v) is 9.42. The number of benzene rings is 1. The highest BCUT2D eigenvalue weighted by molar-refractivity contribution is 7.89. The lowest BCUT2D eigenvalue weighted by Crippen LogP contribution is -2.52. The molecule has 2 aliphatic heterocycles. The molecule has 23 heavy (non-hydrogen) atoms. The summed E-state index contributed by atoms with van der Waals surface area (Å²) < 4.78 is 27.3. The molecular weight excluding hydrogens is 312 g/mol. The van der Waals surface area contributed by atoms with Gasteiger partial charge in [-0.2, -0.15) is 9.57 Å². The van der Waals surface area contributed by atoms with E-state index >= 15 is 0 Å². The second-order valence-corrected chi connectivity index (χ2v) is 8.09. The summed E-state index contributed by atoms with van der Waals surface area (Å²) in [4.78, 5) is 2.70. The second-order valence-electron chi connectivity index (χ2n) is 6.18. The topological polar surface area (TPSA) is 76.4 Å². The number of rotatable bonds is 3. The standard InChI is InChI=1S/C16H22N4O2S/c1-13-10-14(11-17)2-3-16(13)23(21,22)20-8-6-19(7-9-20)15-4-5-18-12-15/h2-3,10,15,18H,4-9,12H2,1H3. The Hall–Kier alpha value is -1.46. The summed E-state index contributed by atoms with van der Waals surface area (Å²) in [7, 11) is -3.48. The molecule has 1 unspecified atom stereocenters. The van der Waals surface area contributed by atoms with Gasteiger partial charge in [0.15, 0.2) is 0 Å². The van der Waals surface area contributed by atoms with Crippen LogP contribution in [0, 0.1) is 18.3 Å². The molecule has 1 N–H and O–H groups in total. The lowest BCUT2D eigenvalue weighted by Gasteiger charge is -2.37. The van der Waals surface area contributed by atoms with Gasteiger partial charge in [0.25, 0.3) is 0 Å². The summed E-state index contributed by atoms with van der Waals surface area (Å²) >= 11 is 0. The molecule has 2 fully saturated rings. The summed E-state index contributed by atoms with van der Waals surface area (Å²) in [6.07, 6.45) is 1.14. The molecule has 0 amide bonds. The predicted octanol–water partition coefficient (Wildman–Crippen LogP) is 0.535. The van der Waals surface area contributed by atoms with Crippen LogP contribution in [0.3, 0.4) is 0 Å². The highest BCUT2D eigenvalue weighted by Crippen LogP contribution is 2.23. The van der Waals surface area contributed by atoms with Crippen LogP contribution in [0.4, 0.5) is 0 Å². The fourth-order valence-electron chi connectivity index (χ4n) is 3.41. The van der Waals surface area contributed by atoms with Crippen LogP contribution in [0.5, 0.6) is 0 Å². The molecular formula is C16H22N4O2S. The molecule has 0 spiro atoms. The maximum atomic E-state index is 12.8. The van der Waals surface area contributed by atoms with E-state index in [9.17, 15) is 8.42 Å². The van der Waals surface area contributed by atoms with Gasteiger partial charge in [-0.05, 0) is 43.7 Å². The number of sulfonamides is 1. The SMILES string of the molecule is Cc1cc(C#N)ccc1S(=O)(=O)N1CCN(C2CCNC2)CC1. The van der Waals surface area contributed by atoms with E-state index in [0.29, 0.717) is 35.2 Å². The van der Waals surface area contributed by atoms with Gasteiger partial charge < -0.3 is 5.32 Å². The average Bonchev–Trinajstić information content (AvgIpc) is 3.09. The van der Waals surface area contributed by atoms with E-state index in [4.69, 9.17) is 5.26 Å². The molecule has 3 rings (SSSR count). The molecule has 2 saturated heterocycles. The van der Waals surface area contributed by atoms with Crippen molar-refractivity contribution < 1.29 is 8.42 Å². The summed E-state index contributed by atoms with van der Waals surface area (Å²) in [5, 5.41) is 12.3. The normalized spacial score (nSPS) is 23.7. The number of piperazine rings is 1. The third kappa shape index (κ3) is 3.26. The molecule has 0 saturated carbocycles. The largest absolute Gasteiger partial charge is 0.315 e. The Morgan fingerprint density at radius 3 is 2.57 bits per heavy atom. The minimum atomic E-state index is -3.48. The van der Waals surface area contributed by atoms with E-state index in [1.54, 1.807) is 29.4 Å².